The van der Waals surface area contributed by atoms with Gasteiger partial charge in [-0.15, -0.1) is 0 Å². The van der Waals surface area contributed by atoms with E-state index < -0.39 is 31.3 Å². The summed E-state index contributed by atoms with van der Waals surface area (Å²) in [5, 5.41) is 0. The quantitative estimate of drug-likeness (QED) is 0.0645. The highest BCUT2D eigenvalue weighted by molar-refractivity contribution is 8.04. The van der Waals surface area contributed by atoms with E-state index in [1.165, 1.54) is 58.7 Å². The van der Waals surface area contributed by atoms with Gasteiger partial charge in [-0.3, -0.25) is 0 Å². The Morgan fingerprint density at radius 1 is 0.377 bits per heavy atom. The first kappa shape index (κ1) is 58.3. The van der Waals surface area contributed by atoms with Crippen LogP contribution < -0.4 is 0 Å². The summed E-state index contributed by atoms with van der Waals surface area (Å²) in [5.74, 6) is 0. The number of rotatable bonds is 8. The van der Waals surface area contributed by atoms with Gasteiger partial charge in [-0.2, -0.15) is 26.3 Å². The maximum absolute atomic E-state index is 10.7. The van der Waals surface area contributed by atoms with Gasteiger partial charge in [-0.1, -0.05) is 166 Å². The fourth-order valence-electron chi connectivity index (χ4n) is 6.14. The highest BCUT2D eigenvalue weighted by Gasteiger charge is 2.38. The molecule has 0 N–H and O–H groups in total. The minimum atomic E-state index is -6.09. The molecule has 0 saturated carbocycles. The molecule has 2 aromatic heterocycles. The lowest BCUT2D eigenvalue weighted by atomic mass is 9.87. The zero-order valence-electron chi connectivity index (χ0n) is 40.1. The lowest BCUT2D eigenvalue weighted by Crippen LogP contribution is -2.21. The molecular formula is C50H56F6O6S7. The van der Waals surface area contributed by atoms with E-state index in [0.29, 0.717) is 0 Å². The second-order valence-corrected chi connectivity index (χ2v) is 30.8. The van der Waals surface area contributed by atoms with Gasteiger partial charge in [0.25, 0.3) is 0 Å². The van der Waals surface area contributed by atoms with Crippen LogP contribution in [0.5, 0.6) is 0 Å². The highest BCUT2D eigenvalue weighted by Crippen LogP contribution is 2.45. The van der Waals surface area contributed by atoms with Crippen LogP contribution in [0.15, 0.2) is 158 Å². The number of hydrogen-bond donors (Lipinski definition) is 0. The Kier molecular flexibility index (Phi) is 18.4. The van der Waals surface area contributed by atoms with Crippen molar-refractivity contribution in [2.45, 2.75) is 152 Å². The van der Waals surface area contributed by atoms with Gasteiger partial charge in [-0.05, 0) is 105 Å². The van der Waals surface area contributed by atoms with Crippen LogP contribution in [0.25, 0.3) is 0 Å². The Morgan fingerprint density at radius 2 is 0.565 bits per heavy atom. The third-order valence-electron chi connectivity index (χ3n) is 10.1. The predicted molar refractivity (Wildman–Crippen MR) is 269 cm³/mol. The molecule has 69 heavy (non-hydrogen) atoms. The first-order chi connectivity index (χ1) is 31.3. The summed E-state index contributed by atoms with van der Waals surface area (Å²) >= 11 is 5.81. The molecule has 0 bridgehead atoms. The van der Waals surface area contributed by atoms with Crippen molar-refractivity contribution in [3.05, 3.63) is 144 Å². The maximum atomic E-state index is 10.7. The predicted octanol–water partition coefficient (Wildman–Crippen LogP) is 15.4. The summed E-state index contributed by atoms with van der Waals surface area (Å²) < 4.78 is 123. The van der Waals surface area contributed by atoms with Gasteiger partial charge in [0.05, 0.1) is 8.42 Å². The van der Waals surface area contributed by atoms with E-state index in [2.05, 4.69) is 204 Å². The molecule has 0 atom stereocenters. The Labute approximate surface area is 421 Å². The van der Waals surface area contributed by atoms with Crippen LogP contribution in [-0.4, -0.2) is 37.0 Å². The molecule has 6 rings (SSSR count). The first-order valence-electron chi connectivity index (χ1n) is 21.1. The molecule has 6 aromatic rings. The summed E-state index contributed by atoms with van der Waals surface area (Å²) in [6.07, 6.45) is 0. The lowest BCUT2D eigenvalue weighted by Gasteiger charge is -2.19. The van der Waals surface area contributed by atoms with Crippen LogP contribution in [0.2, 0.25) is 0 Å². The second-order valence-electron chi connectivity index (χ2n) is 19.8. The second kappa shape index (κ2) is 21.8. The van der Waals surface area contributed by atoms with Gasteiger partial charge in [0, 0.05) is 12.1 Å². The van der Waals surface area contributed by atoms with Crippen LogP contribution in [-0.2, 0) is 63.7 Å². The van der Waals surface area contributed by atoms with Gasteiger partial charge >= 0.3 is 11.0 Å². The van der Waals surface area contributed by atoms with Crippen LogP contribution in [0.4, 0.5) is 26.3 Å². The van der Waals surface area contributed by atoms with Crippen LogP contribution in [0, 0.1) is 0 Å². The topological polar surface area (TPSA) is 114 Å². The van der Waals surface area contributed by atoms with Crippen molar-refractivity contribution >= 4 is 76.5 Å². The molecule has 0 spiro atoms. The van der Waals surface area contributed by atoms with E-state index in [1.54, 1.807) is 0 Å². The van der Waals surface area contributed by atoms with Crippen LogP contribution in [0.1, 0.15) is 105 Å². The van der Waals surface area contributed by atoms with Crippen LogP contribution >= 0.6 is 34.4 Å². The molecule has 19 heteroatoms. The minimum Gasteiger partial charge on any atom is -0.741 e. The summed E-state index contributed by atoms with van der Waals surface area (Å²) in [6.45, 7) is 27.5. The molecule has 0 amide bonds. The SMILES string of the molecule is CC(C)(C)c1ccc([S+](c2ccc(C(C)(C)C)cc2)c2ccc(Sc3ccc([S+](c4ccc(C(C)(C)C)cc4)c4ccc(C(C)(C)C)cc4)s3)s2)cc1.O=S(=O)([O-])C(F)(F)F.O=S(=O)([O-])C(F)(F)F. The number of alkyl halides is 6. The fourth-order valence-corrected chi connectivity index (χ4v) is 15.3. The van der Waals surface area contributed by atoms with E-state index in [-0.39, 0.29) is 43.4 Å². The van der Waals surface area contributed by atoms with E-state index in [4.69, 9.17) is 25.9 Å². The van der Waals surface area contributed by atoms with E-state index >= 15 is 0 Å². The van der Waals surface area contributed by atoms with Gasteiger partial charge in [0.1, 0.15) is 21.8 Å². The number of thiophene rings is 2. The summed E-state index contributed by atoms with van der Waals surface area (Å²) in [4.78, 5) is 5.49. The molecule has 0 radical (unpaired) electrons. The Bertz CT molecular complexity index is 2530. The van der Waals surface area contributed by atoms with Crippen molar-refractivity contribution in [1.82, 2.24) is 0 Å². The van der Waals surface area contributed by atoms with Crippen molar-refractivity contribution in [3.8, 4) is 0 Å². The third-order valence-corrected chi connectivity index (χ3v) is 19.8. The average Bonchev–Trinajstić information content (AvgIpc) is 3.86. The van der Waals surface area contributed by atoms with E-state index in [0.717, 1.165) is 0 Å². The molecule has 376 valence electrons. The van der Waals surface area contributed by atoms with Crippen molar-refractivity contribution in [2.24, 2.45) is 0 Å². The summed E-state index contributed by atoms with van der Waals surface area (Å²) in [7, 11) is -12.5. The van der Waals surface area contributed by atoms with Gasteiger partial charge in [0.15, 0.2) is 39.8 Å². The molecule has 6 nitrogen and oxygen atoms in total. The zero-order chi connectivity index (χ0) is 52.3. The molecular weight excluding hydrogens is 1040 g/mol. The Hall–Kier alpha value is -3.27. The van der Waals surface area contributed by atoms with Gasteiger partial charge in [0.2, 0.25) is 8.42 Å². The number of hydrogen-bond acceptors (Lipinski definition) is 9. The van der Waals surface area contributed by atoms with E-state index in [1.807, 2.05) is 34.4 Å². The molecule has 0 saturated heterocycles. The smallest absolute Gasteiger partial charge is 0.485 e. The van der Waals surface area contributed by atoms with Crippen molar-refractivity contribution in [2.75, 3.05) is 0 Å². The normalized spacial score (nSPS) is 13.2. The molecule has 0 aliphatic carbocycles. The molecule has 4 aromatic carbocycles. The van der Waals surface area contributed by atoms with Crippen molar-refractivity contribution in [3.63, 3.8) is 0 Å². The van der Waals surface area contributed by atoms with Crippen LogP contribution in [0.3, 0.4) is 0 Å². The summed E-state index contributed by atoms with van der Waals surface area (Å²) in [5.41, 5.74) is -5.29. The Morgan fingerprint density at radius 3 is 0.725 bits per heavy atom. The molecule has 0 unspecified atom stereocenters. The lowest BCUT2D eigenvalue weighted by molar-refractivity contribution is -0.0522. The monoisotopic (exact) mass is 1090 g/mol. The Balaban J connectivity index is 0.000000555. The molecule has 2 heterocycles. The van der Waals surface area contributed by atoms with Gasteiger partial charge in [-0.25, -0.2) is 16.8 Å². The summed E-state index contributed by atoms with van der Waals surface area (Å²) in [6, 6.07) is 47.0. The fraction of sp³-hybridized carbons (Fsp3) is 0.360. The third kappa shape index (κ3) is 16.4. The zero-order valence-corrected chi connectivity index (χ0v) is 45.8. The largest absolute Gasteiger partial charge is 0.741 e. The van der Waals surface area contributed by atoms with E-state index in [9.17, 15) is 26.3 Å². The molecule has 0 fully saturated rings. The number of halogens is 6. The highest BCUT2D eigenvalue weighted by atomic mass is 32.2. The first-order valence-corrected chi connectivity index (χ1v) is 28.8. The van der Waals surface area contributed by atoms with Gasteiger partial charge < -0.3 is 9.11 Å². The van der Waals surface area contributed by atoms with Crippen molar-refractivity contribution < 1.29 is 52.3 Å². The average molecular weight is 1090 g/mol. The minimum absolute atomic E-state index is 0.128. The molecule has 0 aliphatic heterocycles. The van der Waals surface area contributed by atoms with Crippen molar-refractivity contribution in [1.29, 1.82) is 0 Å². The standard InChI is InChI=1S/C48H56S5.2CHF3O3S/c1-45(2,3)33-13-21-37(22-14-33)52(38-23-15-34(16-24-38)46(4,5)6)43-31-29-41(50-43)49-42-30-32-44(51-42)53(39-25-17-35(18-26-39)47(7,8)9)40-27-19-36(20-28-40)48(10,11)12;2*2-1(3,4)8(5,6)7/h13-32H,1-12H3;2*(H,5,6,7)/q+2;;/p-2. The molecule has 0 aliphatic rings. The maximum Gasteiger partial charge on any atom is 0.485 e. The number of benzene rings is 4.